The average molecular weight is 260 g/mol. The van der Waals surface area contributed by atoms with Gasteiger partial charge in [0.15, 0.2) is 0 Å². The van der Waals surface area contributed by atoms with E-state index in [4.69, 9.17) is 16.6 Å². The molecule has 0 amide bonds. The lowest BCUT2D eigenvalue weighted by molar-refractivity contribution is 0.364. The van der Waals surface area contributed by atoms with Gasteiger partial charge >= 0.3 is 0 Å². The van der Waals surface area contributed by atoms with Gasteiger partial charge in [-0.15, -0.1) is 0 Å². The summed E-state index contributed by atoms with van der Waals surface area (Å²) in [6.45, 7) is 8.98. The van der Waals surface area contributed by atoms with E-state index in [1.165, 1.54) is 11.8 Å². The number of nitriles is 1. The molecule has 3 heteroatoms. The van der Waals surface area contributed by atoms with Crippen molar-refractivity contribution < 1.29 is 4.74 Å². The Labute approximate surface area is 118 Å². The van der Waals surface area contributed by atoms with Gasteiger partial charge in [-0.3, -0.25) is 0 Å². The fraction of sp³-hybridized carbons (Fsp3) is 0.0588. The molecule has 0 saturated heterocycles. The molecule has 0 aliphatic carbocycles. The van der Waals surface area contributed by atoms with Crippen LogP contribution in [0.5, 0.6) is 0 Å². The minimum atomic E-state index is 0.0609. The first kappa shape index (κ1) is 13.4. The smallest absolute Gasteiger partial charge is 0.269 e. The number of aryl methyl sites for hydroxylation is 1. The second-order valence-corrected chi connectivity index (χ2v) is 4.24. The second kappa shape index (κ2) is 6.22. The molecule has 20 heavy (non-hydrogen) atoms. The van der Waals surface area contributed by atoms with Gasteiger partial charge in [0.25, 0.3) is 5.70 Å². The molecule has 1 aliphatic rings. The minimum absolute atomic E-state index is 0.0609. The second-order valence-electron chi connectivity index (χ2n) is 4.24. The third kappa shape index (κ3) is 3.25. The highest BCUT2D eigenvalue weighted by molar-refractivity contribution is 5.55. The van der Waals surface area contributed by atoms with Crippen molar-refractivity contribution in [1.82, 2.24) is 0 Å². The van der Waals surface area contributed by atoms with Gasteiger partial charge in [-0.2, -0.15) is 0 Å². The Morgan fingerprint density at radius 1 is 1.30 bits per heavy atom. The molecule has 0 N–H and O–H groups in total. The van der Waals surface area contributed by atoms with E-state index in [1.807, 2.05) is 49.4 Å². The van der Waals surface area contributed by atoms with Crippen molar-refractivity contribution in [1.29, 1.82) is 5.26 Å². The van der Waals surface area contributed by atoms with E-state index in [0.29, 0.717) is 11.3 Å². The van der Waals surface area contributed by atoms with Crippen LogP contribution in [0.3, 0.4) is 0 Å². The molecular formula is C17H12N2O. The van der Waals surface area contributed by atoms with Gasteiger partial charge in [-0.25, -0.2) is 10.1 Å². The Bertz CT molecular complexity index is 689. The number of ether oxygens (including phenoxy) is 1. The van der Waals surface area contributed by atoms with Crippen molar-refractivity contribution in [2.75, 3.05) is 0 Å². The van der Waals surface area contributed by atoms with Crippen LogP contribution < -0.4 is 0 Å². The third-order valence-electron chi connectivity index (χ3n) is 2.76. The van der Waals surface area contributed by atoms with Crippen LogP contribution in [0.15, 0.2) is 65.8 Å². The number of benzene rings is 1. The highest BCUT2D eigenvalue weighted by Gasteiger charge is 2.06. The summed E-state index contributed by atoms with van der Waals surface area (Å²) in [5, 5.41) is 8.85. The number of hydrogen-bond donors (Lipinski definition) is 0. The summed E-state index contributed by atoms with van der Waals surface area (Å²) in [5.74, 6) is 0.597. The summed E-state index contributed by atoms with van der Waals surface area (Å²) in [6, 6.07) is 9.97. The van der Waals surface area contributed by atoms with E-state index in [0.717, 1.165) is 5.56 Å². The quantitative estimate of drug-likeness (QED) is 0.592. The molecule has 0 bridgehead atoms. The molecule has 3 nitrogen and oxygen atoms in total. The Kier molecular flexibility index (Phi) is 4.17. The van der Waals surface area contributed by atoms with E-state index < -0.39 is 0 Å². The Morgan fingerprint density at radius 3 is 2.70 bits per heavy atom. The van der Waals surface area contributed by atoms with Gasteiger partial charge in [-0.05, 0) is 36.3 Å². The van der Waals surface area contributed by atoms with Crippen molar-refractivity contribution >= 4 is 6.08 Å². The average Bonchev–Trinajstić information content (AvgIpc) is 2.48. The summed E-state index contributed by atoms with van der Waals surface area (Å²) in [5.41, 5.74) is 2.90. The van der Waals surface area contributed by atoms with Gasteiger partial charge < -0.3 is 4.74 Å². The first-order valence-corrected chi connectivity index (χ1v) is 6.04. The van der Waals surface area contributed by atoms with Crippen molar-refractivity contribution in [2.45, 2.75) is 6.92 Å². The first-order chi connectivity index (χ1) is 9.72. The SMILES string of the molecule is [C-]#[N+]C(C#N)=C1C=COC(C=Cc2ccc(C)cc2)=C1. The normalized spacial score (nSPS) is 16.1. The highest BCUT2D eigenvalue weighted by Crippen LogP contribution is 2.19. The molecule has 0 aromatic heterocycles. The summed E-state index contributed by atoms with van der Waals surface area (Å²) in [7, 11) is 0. The minimum Gasteiger partial charge on any atom is -0.465 e. The predicted molar refractivity (Wildman–Crippen MR) is 77.8 cm³/mol. The molecule has 1 aromatic rings. The van der Waals surface area contributed by atoms with Crippen molar-refractivity contribution in [3.63, 3.8) is 0 Å². The number of rotatable bonds is 2. The van der Waals surface area contributed by atoms with Crippen molar-refractivity contribution in [2.24, 2.45) is 0 Å². The largest absolute Gasteiger partial charge is 0.465 e. The van der Waals surface area contributed by atoms with Crippen LogP contribution in [0.2, 0.25) is 0 Å². The monoisotopic (exact) mass is 260 g/mol. The van der Waals surface area contributed by atoms with E-state index >= 15 is 0 Å². The van der Waals surface area contributed by atoms with E-state index in [2.05, 4.69) is 4.85 Å². The fourth-order valence-electron chi connectivity index (χ4n) is 1.67. The molecule has 0 unspecified atom stereocenters. The number of hydrogen-bond acceptors (Lipinski definition) is 2. The summed E-state index contributed by atoms with van der Waals surface area (Å²) in [6.07, 6.45) is 8.51. The molecule has 96 valence electrons. The molecule has 0 saturated carbocycles. The Balaban J connectivity index is 2.23. The Morgan fingerprint density at radius 2 is 2.05 bits per heavy atom. The summed E-state index contributed by atoms with van der Waals surface area (Å²) in [4.78, 5) is 3.19. The zero-order valence-electron chi connectivity index (χ0n) is 11.0. The molecular weight excluding hydrogens is 248 g/mol. The highest BCUT2D eigenvalue weighted by atomic mass is 16.5. The van der Waals surface area contributed by atoms with Crippen molar-refractivity contribution in [3.05, 3.63) is 88.3 Å². The zero-order chi connectivity index (χ0) is 14.4. The van der Waals surface area contributed by atoms with Gasteiger partial charge in [0.1, 0.15) is 5.76 Å². The summed E-state index contributed by atoms with van der Waals surface area (Å²) >= 11 is 0. The van der Waals surface area contributed by atoms with E-state index in [9.17, 15) is 0 Å². The lowest BCUT2D eigenvalue weighted by atomic mass is 10.1. The summed E-state index contributed by atoms with van der Waals surface area (Å²) < 4.78 is 5.34. The topological polar surface area (TPSA) is 37.4 Å². The lowest BCUT2D eigenvalue weighted by Gasteiger charge is -2.08. The standard InChI is InChI=1S/C17H12N2O/c1-13-3-5-14(6-4-13)7-8-16-11-15(9-10-20-16)17(12-18)19-2/h3-11H,1H3. The molecule has 0 spiro atoms. The van der Waals surface area contributed by atoms with Crippen molar-refractivity contribution in [3.8, 4) is 6.07 Å². The fourth-order valence-corrected chi connectivity index (χ4v) is 1.67. The maximum Gasteiger partial charge on any atom is 0.269 e. The molecule has 2 rings (SSSR count). The predicted octanol–water partition coefficient (Wildman–Crippen LogP) is 4.13. The van der Waals surface area contributed by atoms with E-state index in [-0.39, 0.29) is 5.70 Å². The van der Waals surface area contributed by atoms with Gasteiger partial charge in [0, 0.05) is 0 Å². The molecule has 0 fully saturated rings. The van der Waals surface area contributed by atoms with Gasteiger partial charge in [0.05, 0.1) is 18.9 Å². The zero-order valence-corrected chi connectivity index (χ0v) is 11.0. The van der Waals surface area contributed by atoms with Crippen LogP contribution in [0.4, 0.5) is 0 Å². The molecule has 0 radical (unpaired) electrons. The van der Waals surface area contributed by atoms with Crippen LogP contribution in [0, 0.1) is 24.8 Å². The Hall–Kier alpha value is -3.04. The number of nitrogens with zero attached hydrogens (tertiary/aromatic N) is 2. The van der Waals surface area contributed by atoms with Crippen LogP contribution in [-0.2, 0) is 4.74 Å². The molecule has 0 atom stereocenters. The van der Waals surface area contributed by atoms with Gasteiger partial charge in [0.2, 0.25) is 0 Å². The van der Waals surface area contributed by atoms with E-state index in [1.54, 1.807) is 12.2 Å². The maximum absolute atomic E-state index is 8.85. The van der Waals surface area contributed by atoms with Gasteiger partial charge in [-0.1, -0.05) is 35.9 Å². The number of allylic oxidation sites excluding steroid dienone is 5. The lowest BCUT2D eigenvalue weighted by Crippen LogP contribution is -1.91. The van der Waals surface area contributed by atoms with Crippen LogP contribution >= 0.6 is 0 Å². The first-order valence-electron chi connectivity index (χ1n) is 6.04. The van der Waals surface area contributed by atoms with Crippen LogP contribution in [-0.4, -0.2) is 0 Å². The van der Waals surface area contributed by atoms with Crippen LogP contribution in [0.25, 0.3) is 10.9 Å². The van der Waals surface area contributed by atoms with Crippen LogP contribution in [0.1, 0.15) is 11.1 Å². The maximum atomic E-state index is 8.85. The molecule has 1 aliphatic heterocycles. The third-order valence-corrected chi connectivity index (χ3v) is 2.76. The molecule has 1 aromatic carbocycles. The molecule has 1 heterocycles.